The topological polar surface area (TPSA) is 105 Å². The SMILES string of the molecule is Cc1cc(Nc2ncc(Br)c(Nc3cccc(F)c3C(N)=O)n2)ccc1SNC(C)C. The lowest BCUT2D eigenvalue weighted by Crippen LogP contribution is -2.16. The standard InChI is InChI=1S/C21H22BrFN6OS/c1-11(2)29-31-17-8-7-13(9-12(17)3)26-21-25-10-14(22)20(28-21)27-16-6-4-5-15(23)18(16)19(24)30/h4-11,29H,1-3H3,(H2,24,30)(H2,25,26,27,28). The number of aromatic nitrogens is 2. The minimum absolute atomic E-state index is 0.215. The molecule has 0 radical (unpaired) electrons. The van der Waals surface area contributed by atoms with Crippen LogP contribution in [0.1, 0.15) is 29.8 Å². The second-order valence-electron chi connectivity index (χ2n) is 7.02. The molecule has 0 unspecified atom stereocenters. The predicted octanol–water partition coefficient (Wildman–Crippen LogP) is 5.28. The molecule has 3 rings (SSSR count). The highest BCUT2D eigenvalue weighted by Crippen LogP contribution is 2.29. The van der Waals surface area contributed by atoms with Gasteiger partial charge in [0.15, 0.2) is 0 Å². The van der Waals surface area contributed by atoms with Crippen LogP contribution in [-0.2, 0) is 0 Å². The third-order valence-electron chi connectivity index (χ3n) is 4.09. The van der Waals surface area contributed by atoms with Gasteiger partial charge in [-0.15, -0.1) is 0 Å². The number of anilines is 4. The second kappa shape index (κ2) is 10.1. The number of carbonyl (C=O) groups excluding carboxylic acids is 1. The Morgan fingerprint density at radius 1 is 1.23 bits per heavy atom. The van der Waals surface area contributed by atoms with Crippen molar-refractivity contribution in [3.63, 3.8) is 0 Å². The third-order valence-corrected chi connectivity index (χ3v) is 5.94. The third kappa shape index (κ3) is 5.93. The van der Waals surface area contributed by atoms with E-state index in [9.17, 15) is 9.18 Å². The highest BCUT2D eigenvalue weighted by atomic mass is 79.9. The Morgan fingerprint density at radius 3 is 2.68 bits per heavy atom. The number of hydrogen-bond acceptors (Lipinski definition) is 7. The van der Waals surface area contributed by atoms with E-state index < -0.39 is 11.7 Å². The highest BCUT2D eigenvalue weighted by molar-refractivity contribution is 9.10. The molecule has 0 aliphatic rings. The predicted molar refractivity (Wildman–Crippen MR) is 127 cm³/mol. The van der Waals surface area contributed by atoms with Crippen LogP contribution in [0.5, 0.6) is 0 Å². The molecule has 3 aromatic rings. The summed E-state index contributed by atoms with van der Waals surface area (Å²) in [6, 6.07) is 10.5. The molecule has 0 fully saturated rings. The number of halogens is 2. The fourth-order valence-corrected chi connectivity index (χ4v) is 3.68. The Bertz CT molecular complexity index is 1110. The first-order valence-electron chi connectivity index (χ1n) is 9.42. The number of nitrogens with zero attached hydrogens (tertiary/aromatic N) is 2. The molecule has 0 spiro atoms. The summed E-state index contributed by atoms with van der Waals surface area (Å²) in [4.78, 5) is 21.5. The first-order valence-corrected chi connectivity index (χ1v) is 11.0. The highest BCUT2D eigenvalue weighted by Gasteiger charge is 2.16. The lowest BCUT2D eigenvalue weighted by atomic mass is 10.1. The number of primary amides is 1. The molecule has 1 aromatic heterocycles. The van der Waals surface area contributed by atoms with Gasteiger partial charge in [0, 0.05) is 22.8 Å². The zero-order chi connectivity index (χ0) is 22.5. The summed E-state index contributed by atoms with van der Waals surface area (Å²) < 4.78 is 17.9. The molecular weight excluding hydrogens is 483 g/mol. The van der Waals surface area contributed by atoms with Gasteiger partial charge in [-0.05, 0) is 84.5 Å². The van der Waals surface area contributed by atoms with E-state index >= 15 is 0 Å². The van der Waals surface area contributed by atoms with Crippen LogP contribution in [0.3, 0.4) is 0 Å². The Kier molecular flexibility index (Phi) is 7.47. The van der Waals surface area contributed by atoms with Crippen molar-refractivity contribution in [2.75, 3.05) is 10.6 Å². The van der Waals surface area contributed by atoms with Crippen molar-refractivity contribution in [3.05, 3.63) is 64.0 Å². The van der Waals surface area contributed by atoms with Gasteiger partial charge in [0.05, 0.1) is 15.7 Å². The van der Waals surface area contributed by atoms with Crippen molar-refractivity contribution in [3.8, 4) is 0 Å². The van der Waals surface area contributed by atoms with Gasteiger partial charge < -0.3 is 16.4 Å². The van der Waals surface area contributed by atoms with Crippen LogP contribution in [0.4, 0.5) is 27.5 Å². The molecule has 0 atom stereocenters. The minimum atomic E-state index is -0.871. The normalized spacial score (nSPS) is 10.9. The first kappa shape index (κ1) is 23.0. The number of nitrogens with two attached hydrogens (primary N) is 1. The van der Waals surface area contributed by atoms with Crippen LogP contribution in [0.15, 0.2) is 52.0 Å². The van der Waals surface area contributed by atoms with E-state index in [1.165, 1.54) is 12.1 Å². The number of nitrogens with one attached hydrogen (secondary N) is 3. The molecule has 10 heteroatoms. The molecule has 0 saturated heterocycles. The average Bonchev–Trinajstić information content (AvgIpc) is 2.69. The molecule has 31 heavy (non-hydrogen) atoms. The van der Waals surface area contributed by atoms with Crippen LogP contribution in [-0.4, -0.2) is 21.9 Å². The number of amides is 1. The second-order valence-corrected chi connectivity index (χ2v) is 8.76. The summed E-state index contributed by atoms with van der Waals surface area (Å²) in [6.07, 6.45) is 1.56. The zero-order valence-electron chi connectivity index (χ0n) is 17.2. The van der Waals surface area contributed by atoms with Crippen molar-refractivity contribution < 1.29 is 9.18 Å². The van der Waals surface area contributed by atoms with Gasteiger partial charge in [0.2, 0.25) is 5.95 Å². The molecule has 7 nitrogen and oxygen atoms in total. The van der Waals surface area contributed by atoms with Gasteiger partial charge in [0.1, 0.15) is 11.6 Å². The number of aryl methyl sites for hydroxylation is 1. The van der Waals surface area contributed by atoms with E-state index in [1.807, 2.05) is 25.1 Å². The Hall–Kier alpha value is -2.69. The quantitative estimate of drug-likeness (QED) is 0.309. The Morgan fingerprint density at radius 2 is 2.00 bits per heavy atom. The van der Waals surface area contributed by atoms with Crippen molar-refractivity contribution >= 4 is 56.9 Å². The molecule has 0 saturated carbocycles. The number of carbonyl (C=O) groups is 1. The first-order chi connectivity index (χ1) is 14.7. The van der Waals surface area contributed by atoms with Gasteiger partial charge in [-0.3, -0.25) is 9.52 Å². The molecule has 1 amide bonds. The van der Waals surface area contributed by atoms with Crippen LogP contribution in [0.2, 0.25) is 0 Å². The maximum absolute atomic E-state index is 14.0. The van der Waals surface area contributed by atoms with E-state index in [1.54, 1.807) is 24.2 Å². The van der Waals surface area contributed by atoms with Crippen LogP contribution < -0.4 is 21.1 Å². The molecule has 162 valence electrons. The lowest BCUT2D eigenvalue weighted by Gasteiger charge is -2.14. The van der Waals surface area contributed by atoms with E-state index in [4.69, 9.17) is 5.73 Å². The summed E-state index contributed by atoms with van der Waals surface area (Å²) in [7, 11) is 0. The molecular formula is C21H22BrFN6OS. The summed E-state index contributed by atoms with van der Waals surface area (Å²) in [5.74, 6) is -0.885. The van der Waals surface area contributed by atoms with Crippen molar-refractivity contribution in [1.82, 2.24) is 14.7 Å². The number of rotatable bonds is 8. The maximum Gasteiger partial charge on any atom is 0.253 e. The summed E-state index contributed by atoms with van der Waals surface area (Å²) in [5.41, 5.74) is 7.23. The maximum atomic E-state index is 14.0. The number of benzene rings is 2. The Labute approximate surface area is 192 Å². The minimum Gasteiger partial charge on any atom is -0.365 e. The van der Waals surface area contributed by atoms with Crippen molar-refractivity contribution in [2.24, 2.45) is 5.73 Å². The van der Waals surface area contributed by atoms with Crippen molar-refractivity contribution in [2.45, 2.75) is 31.7 Å². The molecule has 0 aliphatic heterocycles. The molecule has 2 aromatic carbocycles. The summed E-state index contributed by atoms with van der Waals surface area (Å²) >= 11 is 4.96. The van der Waals surface area contributed by atoms with E-state index in [0.717, 1.165) is 16.1 Å². The summed E-state index contributed by atoms with van der Waals surface area (Å²) in [6.45, 7) is 6.20. The smallest absolute Gasteiger partial charge is 0.253 e. The molecule has 0 aliphatic carbocycles. The van der Waals surface area contributed by atoms with Crippen molar-refractivity contribution in [1.29, 1.82) is 0 Å². The lowest BCUT2D eigenvalue weighted by molar-refractivity contribution is 0.0997. The van der Waals surface area contributed by atoms with E-state index in [-0.39, 0.29) is 11.3 Å². The summed E-state index contributed by atoms with van der Waals surface area (Å²) in [5, 5.41) is 6.11. The van der Waals surface area contributed by atoms with E-state index in [2.05, 4.69) is 55.1 Å². The van der Waals surface area contributed by atoms with Gasteiger partial charge in [-0.1, -0.05) is 6.07 Å². The van der Waals surface area contributed by atoms with Gasteiger partial charge in [-0.2, -0.15) is 4.98 Å². The fraction of sp³-hybridized carbons (Fsp3) is 0.190. The zero-order valence-corrected chi connectivity index (χ0v) is 19.6. The average molecular weight is 505 g/mol. The van der Waals surface area contributed by atoms with Gasteiger partial charge >= 0.3 is 0 Å². The Balaban J connectivity index is 1.82. The van der Waals surface area contributed by atoms with Crippen LogP contribution >= 0.6 is 27.9 Å². The molecule has 1 heterocycles. The van der Waals surface area contributed by atoms with Crippen LogP contribution in [0.25, 0.3) is 0 Å². The fourth-order valence-electron chi connectivity index (χ4n) is 2.67. The molecule has 0 bridgehead atoms. The van der Waals surface area contributed by atoms with Crippen LogP contribution in [0, 0.1) is 12.7 Å². The van der Waals surface area contributed by atoms with E-state index in [0.29, 0.717) is 22.3 Å². The largest absolute Gasteiger partial charge is 0.365 e. The monoisotopic (exact) mass is 504 g/mol. The van der Waals surface area contributed by atoms with Gasteiger partial charge in [-0.25, -0.2) is 9.37 Å². The number of hydrogen-bond donors (Lipinski definition) is 4. The van der Waals surface area contributed by atoms with Gasteiger partial charge in [0.25, 0.3) is 5.91 Å². The molecule has 5 N–H and O–H groups in total.